The van der Waals surface area contributed by atoms with E-state index in [1.807, 2.05) is 36.4 Å². The molecule has 3 nitrogen and oxygen atoms in total. The number of aromatic nitrogens is 2. The van der Waals surface area contributed by atoms with Gasteiger partial charge < -0.3 is 5.11 Å². The van der Waals surface area contributed by atoms with Crippen LogP contribution in [0.1, 0.15) is 0 Å². The van der Waals surface area contributed by atoms with Crippen LogP contribution < -0.4 is 4.52 Å². The van der Waals surface area contributed by atoms with Crippen molar-refractivity contribution in [1.29, 1.82) is 0 Å². The Morgan fingerprint density at radius 3 is 2.68 bits per heavy atom. The van der Waals surface area contributed by atoms with Crippen LogP contribution in [-0.2, 0) is 0 Å². The first-order chi connectivity index (χ1) is 10.6. The highest BCUT2D eigenvalue weighted by Crippen LogP contribution is 2.37. The van der Waals surface area contributed by atoms with Gasteiger partial charge in [-0.05, 0) is 24.3 Å². The average Bonchev–Trinajstić information content (AvgIpc) is 2.85. The molecule has 2 aromatic heterocycles. The van der Waals surface area contributed by atoms with Crippen molar-refractivity contribution in [1.82, 2.24) is 5.10 Å². The molecule has 0 radical (unpaired) electrons. The SMILES string of the molecule is Oc1c(-c2cccc(Cl)c2)sc2c3cc(Cl)ccc3cn[n+]12. The molecule has 108 valence electrons. The van der Waals surface area contributed by atoms with Gasteiger partial charge in [-0.2, -0.15) is 0 Å². The highest BCUT2D eigenvalue weighted by Gasteiger charge is 2.25. The first-order valence-electron chi connectivity index (χ1n) is 6.51. The highest BCUT2D eigenvalue weighted by atomic mass is 35.5. The van der Waals surface area contributed by atoms with Crippen LogP contribution >= 0.6 is 34.5 Å². The van der Waals surface area contributed by atoms with E-state index >= 15 is 0 Å². The van der Waals surface area contributed by atoms with E-state index in [4.69, 9.17) is 23.2 Å². The number of hydrogen-bond acceptors (Lipinski definition) is 3. The highest BCUT2D eigenvalue weighted by molar-refractivity contribution is 7.21. The topological polar surface area (TPSA) is 37.2 Å². The maximum Gasteiger partial charge on any atom is 0.416 e. The van der Waals surface area contributed by atoms with Gasteiger partial charge in [0.15, 0.2) is 4.88 Å². The molecule has 0 amide bonds. The van der Waals surface area contributed by atoms with Gasteiger partial charge in [-0.3, -0.25) is 0 Å². The van der Waals surface area contributed by atoms with E-state index in [-0.39, 0.29) is 5.88 Å². The molecular weight excluding hydrogens is 339 g/mol. The maximum atomic E-state index is 10.5. The molecule has 2 aromatic carbocycles. The summed E-state index contributed by atoms with van der Waals surface area (Å²) < 4.78 is 1.53. The van der Waals surface area contributed by atoms with E-state index in [2.05, 4.69) is 5.10 Å². The summed E-state index contributed by atoms with van der Waals surface area (Å²) in [6.45, 7) is 0. The summed E-state index contributed by atoms with van der Waals surface area (Å²) in [6, 6.07) is 13.0. The number of halogens is 2. The predicted molar refractivity (Wildman–Crippen MR) is 89.9 cm³/mol. The fourth-order valence-electron chi connectivity index (χ4n) is 2.42. The summed E-state index contributed by atoms with van der Waals surface area (Å²) in [5.41, 5.74) is 0.857. The molecule has 0 spiro atoms. The van der Waals surface area contributed by atoms with E-state index < -0.39 is 0 Å². The van der Waals surface area contributed by atoms with Gasteiger partial charge in [-0.15, -0.1) is 0 Å². The molecule has 4 aromatic rings. The Bertz CT molecular complexity index is 1030. The Morgan fingerprint density at radius 2 is 1.86 bits per heavy atom. The zero-order chi connectivity index (χ0) is 15.3. The van der Waals surface area contributed by atoms with E-state index in [1.165, 1.54) is 15.9 Å². The lowest BCUT2D eigenvalue weighted by molar-refractivity contribution is -0.583. The van der Waals surface area contributed by atoms with Crippen LogP contribution in [0.2, 0.25) is 10.0 Å². The molecule has 1 N–H and O–H groups in total. The molecule has 0 aliphatic carbocycles. The van der Waals surface area contributed by atoms with Gasteiger partial charge in [0, 0.05) is 30.6 Å². The summed E-state index contributed by atoms with van der Waals surface area (Å²) in [5, 5.41) is 18.0. The third-order valence-corrected chi connectivity index (χ3v) is 5.12. The van der Waals surface area contributed by atoms with Crippen LogP contribution in [0.5, 0.6) is 5.88 Å². The number of rotatable bonds is 1. The second-order valence-electron chi connectivity index (χ2n) is 4.86. The number of benzene rings is 2. The minimum atomic E-state index is 0.101. The van der Waals surface area contributed by atoms with Gasteiger partial charge in [0.1, 0.15) is 6.20 Å². The van der Waals surface area contributed by atoms with Crippen LogP contribution in [0.3, 0.4) is 0 Å². The lowest BCUT2D eigenvalue weighted by atomic mass is 10.2. The summed E-state index contributed by atoms with van der Waals surface area (Å²) in [4.78, 5) is 1.56. The number of nitrogens with zero attached hydrogens (tertiary/aromatic N) is 2. The van der Waals surface area contributed by atoms with Crippen LogP contribution in [-0.4, -0.2) is 10.2 Å². The number of aromatic hydroxyl groups is 1. The molecule has 4 rings (SSSR count). The molecule has 0 unspecified atom stereocenters. The van der Waals surface area contributed by atoms with Gasteiger partial charge in [-0.25, -0.2) is 0 Å². The van der Waals surface area contributed by atoms with Crippen molar-refractivity contribution < 1.29 is 9.62 Å². The average molecular weight is 348 g/mol. The van der Waals surface area contributed by atoms with Crippen LogP contribution in [0.4, 0.5) is 0 Å². The largest absolute Gasteiger partial charge is 0.457 e. The summed E-state index contributed by atoms with van der Waals surface area (Å²) in [7, 11) is 0. The molecule has 0 saturated heterocycles. The summed E-state index contributed by atoms with van der Waals surface area (Å²) >= 11 is 13.6. The minimum absolute atomic E-state index is 0.101. The lowest BCUT2D eigenvalue weighted by Gasteiger charge is -1.94. The van der Waals surface area contributed by atoms with Crippen molar-refractivity contribution in [2.45, 2.75) is 0 Å². The Morgan fingerprint density at radius 1 is 1.05 bits per heavy atom. The lowest BCUT2D eigenvalue weighted by Crippen LogP contribution is -2.23. The van der Waals surface area contributed by atoms with Crippen LogP contribution in [0.25, 0.3) is 26.0 Å². The molecule has 22 heavy (non-hydrogen) atoms. The molecule has 0 aliphatic rings. The van der Waals surface area contributed by atoms with E-state index in [0.717, 1.165) is 26.0 Å². The van der Waals surface area contributed by atoms with Gasteiger partial charge in [0.05, 0.1) is 5.39 Å². The van der Waals surface area contributed by atoms with Crippen LogP contribution in [0, 0.1) is 0 Å². The zero-order valence-electron chi connectivity index (χ0n) is 11.1. The molecule has 2 heterocycles. The molecule has 6 heteroatoms. The van der Waals surface area contributed by atoms with Crippen LogP contribution in [0.15, 0.2) is 48.7 Å². The number of fused-ring (bicyclic) bond motifs is 3. The quantitative estimate of drug-likeness (QED) is 0.506. The third-order valence-electron chi connectivity index (χ3n) is 3.44. The number of thiazole rings is 1. The summed E-state index contributed by atoms with van der Waals surface area (Å²) in [6.07, 6.45) is 1.72. The molecule has 0 atom stereocenters. The standard InChI is InChI=1S/C16H8Cl2N2OS/c17-11-3-1-2-9(6-11)14-15(21)20-16(22-14)13-7-12(18)5-4-10(13)8-19-20/h1-8H/p+1. The second kappa shape index (κ2) is 5.09. The normalized spacial score (nSPS) is 11.4. The van der Waals surface area contributed by atoms with Crippen molar-refractivity contribution in [2.75, 3.05) is 0 Å². The van der Waals surface area contributed by atoms with Gasteiger partial charge in [0.25, 0.3) is 0 Å². The Kier molecular flexibility index (Phi) is 3.18. The number of hydrogen-bond donors (Lipinski definition) is 1. The minimum Gasteiger partial charge on any atom is -0.457 e. The fraction of sp³-hybridized carbons (Fsp3) is 0. The van der Waals surface area contributed by atoms with E-state index in [1.54, 1.807) is 12.3 Å². The Labute approximate surface area is 140 Å². The Hall–Kier alpha value is -1.88. The second-order valence-corrected chi connectivity index (χ2v) is 6.73. The van der Waals surface area contributed by atoms with Crippen molar-refractivity contribution in [3.05, 3.63) is 58.7 Å². The maximum absolute atomic E-state index is 10.5. The molecule has 0 bridgehead atoms. The summed E-state index contributed by atoms with van der Waals surface area (Å²) in [5.74, 6) is 0.101. The molecule has 0 aliphatic heterocycles. The van der Waals surface area contributed by atoms with Gasteiger partial charge in [-0.1, -0.05) is 52.7 Å². The van der Waals surface area contributed by atoms with Crippen molar-refractivity contribution in [3.8, 4) is 16.3 Å². The fourth-order valence-corrected chi connectivity index (χ4v) is 3.90. The first kappa shape index (κ1) is 13.8. The van der Waals surface area contributed by atoms with Gasteiger partial charge >= 0.3 is 10.7 Å². The first-order valence-corrected chi connectivity index (χ1v) is 8.09. The Balaban J connectivity index is 2.08. The van der Waals surface area contributed by atoms with E-state index in [9.17, 15) is 5.11 Å². The smallest absolute Gasteiger partial charge is 0.416 e. The monoisotopic (exact) mass is 347 g/mol. The van der Waals surface area contributed by atoms with Crippen molar-refractivity contribution in [2.24, 2.45) is 0 Å². The molecule has 0 fully saturated rings. The molecular formula is C16H9Cl2N2OS+. The van der Waals surface area contributed by atoms with Crippen molar-refractivity contribution in [3.63, 3.8) is 0 Å². The predicted octanol–water partition coefficient (Wildman–Crippen LogP) is 4.71. The molecule has 0 saturated carbocycles. The van der Waals surface area contributed by atoms with E-state index in [0.29, 0.717) is 10.0 Å². The zero-order valence-corrected chi connectivity index (χ0v) is 13.5. The third kappa shape index (κ3) is 2.11. The van der Waals surface area contributed by atoms with Crippen molar-refractivity contribution >= 4 is 50.1 Å². The van der Waals surface area contributed by atoms with Gasteiger partial charge in [0.2, 0.25) is 0 Å².